The molecule has 0 spiro atoms. The first-order valence-corrected chi connectivity index (χ1v) is 12.6. The van der Waals surface area contributed by atoms with E-state index in [-0.39, 0.29) is 17.6 Å². The van der Waals surface area contributed by atoms with E-state index in [0.29, 0.717) is 29.7 Å². The molecule has 0 bridgehead atoms. The van der Waals surface area contributed by atoms with Gasteiger partial charge in [-0.3, -0.25) is 9.69 Å². The van der Waals surface area contributed by atoms with Crippen molar-refractivity contribution in [2.45, 2.75) is 19.6 Å². The summed E-state index contributed by atoms with van der Waals surface area (Å²) in [5.41, 5.74) is 12.3. The highest BCUT2D eigenvalue weighted by Crippen LogP contribution is 2.32. The molecule has 0 radical (unpaired) electrons. The number of carbonyl (C=O) groups is 1. The number of carbonyl (C=O) groups excluding carboxylic acids is 1. The quantitative estimate of drug-likeness (QED) is 0.448. The summed E-state index contributed by atoms with van der Waals surface area (Å²) in [6.07, 6.45) is 0. The molecule has 0 aliphatic carbocycles. The number of aromatic hydroxyl groups is 1. The second-order valence-corrected chi connectivity index (χ2v) is 10.0. The summed E-state index contributed by atoms with van der Waals surface area (Å²) in [5, 5.41) is 10.9. The van der Waals surface area contributed by atoms with Crippen LogP contribution in [0.15, 0.2) is 60.7 Å². The van der Waals surface area contributed by atoms with Crippen LogP contribution in [0, 0.1) is 0 Å². The molecule has 0 saturated carbocycles. The zero-order chi connectivity index (χ0) is 25.5. The number of phenols is 1. The molecule has 1 aromatic heterocycles. The highest BCUT2D eigenvalue weighted by molar-refractivity contribution is 6.06. The minimum atomic E-state index is -0.157. The minimum absolute atomic E-state index is 0.0840. The van der Waals surface area contributed by atoms with Crippen molar-refractivity contribution in [3.63, 3.8) is 0 Å². The predicted octanol–water partition coefficient (Wildman–Crippen LogP) is 3.49. The smallest absolute Gasteiger partial charge is 0.273 e. The van der Waals surface area contributed by atoms with Crippen LogP contribution in [0.3, 0.4) is 0 Å². The van der Waals surface area contributed by atoms with Gasteiger partial charge in [-0.15, -0.1) is 0 Å². The van der Waals surface area contributed by atoms with Gasteiger partial charge in [-0.1, -0.05) is 36.4 Å². The fourth-order valence-corrected chi connectivity index (χ4v) is 5.34. The number of rotatable bonds is 4. The maximum atomic E-state index is 13.7. The molecule has 3 aromatic carbocycles. The number of aromatic nitrogens is 2. The average Bonchev–Trinajstić information content (AvgIpc) is 3.33. The van der Waals surface area contributed by atoms with Gasteiger partial charge in [-0.2, -0.15) is 0 Å². The van der Waals surface area contributed by atoms with Crippen molar-refractivity contribution in [3.8, 4) is 16.9 Å². The molecular weight excluding hydrogens is 464 g/mol. The molecule has 8 nitrogen and oxygen atoms in total. The van der Waals surface area contributed by atoms with Crippen LogP contribution in [0.25, 0.3) is 22.0 Å². The Morgan fingerprint density at radius 3 is 2.41 bits per heavy atom. The SMILES string of the molecule is CN1CCN(Cc2cc(O)ccc2-c2ccc3nc(N)nc(C(=O)N4Cc5ccccc5C4)c3c2)CC1. The molecule has 3 heterocycles. The van der Waals surface area contributed by atoms with Gasteiger partial charge < -0.3 is 20.6 Å². The lowest BCUT2D eigenvalue weighted by molar-refractivity contribution is 0.0747. The van der Waals surface area contributed by atoms with Crippen molar-refractivity contribution in [2.75, 3.05) is 39.0 Å². The van der Waals surface area contributed by atoms with Gasteiger partial charge in [0.1, 0.15) is 11.4 Å². The van der Waals surface area contributed by atoms with Crippen LogP contribution >= 0.6 is 0 Å². The lowest BCUT2D eigenvalue weighted by Crippen LogP contribution is -2.43. The highest BCUT2D eigenvalue weighted by atomic mass is 16.3. The summed E-state index contributed by atoms with van der Waals surface area (Å²) < 4.78 is 0. The van der Waals surface area contributed by atoms with E-state index in [1.165, 1.54) is 0 Å². The Kier molecular flexibility index (Phi) is 5.98. The van der Waals surface area contributed by atoms with Gasteiger partial charge in [-0.25, -0.2) is 9.97 Å². The Morgan fingerprint density at radius 2 is 1.68 bits per heavy atom. The number of nitrogens with two attached hydrogens (primary N) is 1. The van der Waals surface area contributed by atoms with E-state index in [1.54, 1.807) is 11.0 Å². The third kappa shape index (κ3) is 4.61. The fraction of sp³-hybridized carbons (Fsp3) is 0.276. The average molecular weight is 495 g/mol. The molecule has 188 valence electrons. The van der Waals surface area contributed by atoms with Gasteiger partial charge in [0, 0.05) is 51.2 Å². The van der Waals surface area contributed by atoms with Crippen molar-refractivity contribution < 1.29 is 9.90 Å². The molecule has 8 heteroatoms. The summed E-state index contributed by atoms with van der Waals surface area (Å²) in [6, 6.07) is 19.5. The van der Waals surface area contributed by atoms with Gasteiger partial charge in [0.2, 0.25) is 5.95 Å². The summed E-state index contributed by atoms with van der Waals surface area (Å²) in [6.45, 7) is 5.84. The maximum Gasteiger partial charge on any atom is 0.273 e. The molecule has 3 N–H and O–H groups in total. The van der Waals surface area contributed by atoms with Crippen LogP contribution in [0.1, 0.15) is 27.2 Å². The molecule has 1 saturated heterocycles. The monoisotopic (exact) mass is 494 g/mol. The number of phenolic OH excluding ortho intramolecular Hbond substituents is 1. The van der Waals surface area contributed by atoms with Crippen LogP contribution in [-0.4, -0.2) is 68.9 Å². The predicted molar refractivity (Wildman–Crippen MR) is 144 cm³/mol. The second-order valence-electron chi connectivity index (χ2n) is 10.0. The van der Waals surface area contributed by atoms with Gasteiger partial charge in [-0.05, 0) is 59.1 Å². The van der Waals surface area contributed by atoms with E-state index >= 15 is 0 Å². The van der Waals surface area contributed by atoms with Crippen LogP contribution in [-0.2, 0) is 19.6 Å². The highest BCUT2D eigenvalue weighted by Gasteiger charge is 2.27. The number of anilines is 1. The number of likely N-dealkylation sites (N-methyl/N-ethyl adjacent to an activating group) is 1. The third-order valence-electron chi connectivity index (χ3n) is 7.43. The summed E-state index contributed by atoms with van der Waals surface area (Å²) in [4.78, 5) is 29.0. The fourth-order valence-electron chi connectivity index (χ4n) is 5.34. The number of nitrogens with zero attached hydrogens (tertiary/aromatic N) is 5. The summed E-state index contributed by atoms with van der Waals surface area (Å²) >= 11 is 0. The first kappa shape index (κ1) is 23.4. The number of hydrogen-bond donors (Lipinski definition) is 2. The molecule has 2 aliphatic rings. The van der Waals surface area contributed by atoms with Crippen LogP contribution in [0.5, 0.6) is 5.75 Å². The lowest BCUT2D eigenvalue weighted by atomic mass is 9.96. The summed E-state index contributed by atoms with van der Waals surface area (Å²) in [7, 11) is 2.14. The Hall–Kier alpha value is -4.01. The maximum absolute atomic E-state index is 13.7. The minimum Gasteiger partial charge on any atom is -0.508 e. The van der Waals surface area contributed by atoms with Crippen LogP contribution in [0.2, 0.25) is 0 Å². The zero-order valence-electron chi connectivity index (χ0n) is 20.9. The Morgan fingerprint density at radius 1 is 0.946 bits per heavy atom. The number of amides is 1. The number of piperazine rings is 1. The normalized spacial score (nSPS) is 16.3. The molecule has 37 heavy (non-hydrogen) atoms. The van der Waals surface area contributed by atoms with Crippen molar-refractivity contribution in [3.05, 3.63) is 83.0 Å². The van der Waals surface area contributed by atoms with Crippen molar-refractivity contribution in [1.82, 2.24) is 24.7 Å². The molecule has 6 rings (SSSR count). The standard InChI is InChI=1S/C29H30N6O2/c1-33-10-12-34(13-11-33)16-22-14-23(36)7-8-24(22)19-6-9-26-25(15-19)27(32-29(30)31-26)28(37)35-17-20-4-2-3-5-21(20)18-35/h2-9,14-15,36H,10-13,16-18H2,1H3,(H2,30,31,32). The lowest BCUT2D eigenvalue weighted by Gasteiger charge is -2.32. The van der Waals surface area contributed by atoms with E-state index in [1.807, 2.05) is 42.5 Å². The van der Waals surface area contributed by atoms with Crippen LogP contribution < -0.4 is 5.73 Å². The third-order valence-corrected chi connectivity index (χ3v) is 7.43. The Labute approximate surface area is 216 Å². The topological polar surface area (TPSA) is 98.8 Å². The molecular formula is C29H30N6O2. The van der Waals surface area contributed by atoms with Gasteiger partial charge >= 0.3 is 0 Å². The van der Waals surface area contributed by atoms with Crippen molar-refractivity contribution in [1.29, 1.82) is 0 Å². The number of fused-ring (bicyclic) bond motifs is 2. The molecule has 1 amide bonds. The number of hydrogen-bond acceptors (Lipinski definition) is 7. The molecule has 0 unspecified atom stereocenters. The number of benzene rings is 3. The van der Waals surface area contributed by atoms with Gasteiger partial charge in [0.15, 0.2) is 0 Å². The van der Waals surface area contributed by atoms with Crippen molar-refractivity contribution in [2.24, 2.45) is 0 Å². The zero-order valence-corrected chi connectivity index (χ0v) is 20.9. The molecule has 0 atom stereocenters. The number of nitrogen functional groups attached to an aromatic ring is 1. The Bertz CT molecular complexity index is 1470. The molecule has 1 fully saturated rings. The van der Waals surface area contributed by atoms with E-state index in [2.05, 4.69) is 38.9 Å². The first-order chi connectivity index (χ1) is 17.9. The largest absolute Gasteiger partial charge is 0.508 e. The van der Waals surface area contributed by atoms with Crippen LogP contribution in [0.4, 0.5) is 5.95 Å². The Balaban J connectivity index is 1.37. The van der Waals surface area contributed by atoms with E-state index in [0.717, 1.165) is 60.5 Å². The van der Waals surface area contributed by atoms with E-state index < -0.39 is 0 Å². The van der Waals surface area contributed by atoms with Gasteiger partial charge in [0.05, 0.1) is 5.52 Å². The van der Waals surface area contributed by atoms with Gasteiger partial charge in [0.25, 0.3) is 5.91 Å². The van der Waals surface area contributed by atoms with Crippen molar-refractivity contribution >= 4 is 22.8 Å². The molecule has 2 aliphatic heterocycles. The van der Waals surface area contributed by atoms with E-state index in [9.17, 15) is 9.90 Å². The molecule has 4 aromatic rings. The summed E-state index contributed by atoms with van der Waals surface area (Å²) in [5.74, 6) is 0.172. The first-order valence-electron chi connectivity index (χ1n) is 12.6. The second kappa shape index (κ2) is 9.46. The van der Waals surface area contributed by atoms with E-state index in [4.69, 9.17) is 5.73 Å².